The fraction of sp³-hybridized carbons (Fsp3) is 0.588. The number of aromatic nitrogens is 5. The molecule has 9 heteroatoms. The van der Waals surface area contributed by atoms with Gasteiger partial charge in [0.1, 0.15) is 0 Å². The van der Waals surface area contributed by atoms with E-state index in [0.717, 1.165) is 17.0 Å². The first-order valence-electron chi connectivity index (χ1n) is 8.69. The van der Waals surface area contributed by atoms with Gasteiger partial charge in [0.05, 0.1) is 18.3 Å². The Labute approximate surface area is 152 Å². The molecule has 0 unspecified atom stereocenters. The highest BCUT2D eigenvalue weighted by molar-refractivity contribution is 6.05. The SMILES string of the molecule is Cc1nn(C)c(C)c1CN(C)C(=O)c1nnn2c1C(=O)N[C@@H](C(C)C)C2. The van der Waals surface area contributed by atoms with Gasteiger partial charge in [-0.25, -0.2) is 4.68 Å². The lowest BCUT2D eigenvalue weighted by Gasteiger charge is -2.27. The van der Waals surface area contributed by atoms with Crippen LogP contribution >= 0.6 is 0 Å². The maximum atomic E-state index is 12.9. The minimum atomic E-state index is -0.327. The molecule has 0 spiro atoms. The highest BCUT2D eigenvalue weighted by Gasteiger charge is 2.34. The van der Waals surface area contributed by atoms with E-state index in [0.29, 0.717) is 13.1 Å². The Kier molecular flexibility index (Phi) is 4.55. The number of carbonyl (C=O) groups is 2. The summed E-state index contributed by atoms with van der Waals surface area (Å²) in [5.41, 5.74) is 3.20. The molecule has 1 aliphatic heterocycles. The Hall–Kier alpha value is -2.71. The molecule has 1 N–H and O–H groups in total. The number of amides is 2. The summed E-state index contributed by atoms with van der Waals surface area (Å²) >= 11 is 0. The van der Waals surface area contributed by atoms with Crippen LogP contribution in [0.3, 0.4) is 0 Å². The maximum Gasteiger partial charge on any atom is 0.276 e. The van der Waals surface area contributed by atoms with Crippen LogP contribution in [0.15, 0.2) is 0 Å². The second-order valence-corrected chi connectivity index (χ2v) is 7.23. The van der Waals surface area contributed by atoms with Crippen molar-refractivity contribution in [3.63, 3.8) is 0 Å². The highest BCUT2D eigenvalue weighted by Crippen LogP contribution is 2.19. The second-order valence-electron chi connectivity index (χ2n) is 7.23. The first-order valence-corrected chi connectivity index (χ1v) is 8.69. The topological polar surface area (TPSA) is 97.9 Å². The Morgan fingerprint density at radius 1 is 1.38 bits per heavy atom. The summed E-state index contributed by atoms with van der Waals surface area (Å²) in [6.45, 7) is 8.86. The second kappa shape index (κ2) is 6.54. The first-order chi connectivity index (χ1) is 12.2. The van der Waals surface area contributed by atoms with Crippen LogP contribution in [0.5, 0.6) is 0 Å². The van der Waals surface area contributed by atoms with E-state index in [1.807, 2.05) is 34.7 Å². The maximum absolute atomic E-state index is 12.9. The van der Waals surface area contributed by atoms with Crippen LogP contribution < -0.4 is 5.32 Å². The number of fused-ring (bicyclic) bond motifs is 1. The molecule has 0 saturated carbocycles. The Balaban J connectivity index is 1.84. The van der Waals surface area contributed by atoms with Gasteiger partial charge in [-0.3, -0.25) is 14.3 Å². The van der Waals surface area contributed by atoms with Crippen LogP contribution in [0, 0.1) is 19.8 Å². The number of carbonyl (C=O) groups excluding carboxylic acids is 2. The summed E-state index contributed by atoms with van der Waals surface area (Å²) in [7, 11) is 3.57. The summed E-state index contributed by atoms with van der Waals surface area (Å²) in [5, 5.41) is 15.3. The third-order valence-electron chi connectivity index (χ3n) is 5.04. The number of hydrogen-bond donors (Lipinski definition) is 1. The van der Waals surface area contributed by atoms with Crippen molar-refractivity contribution in [3.8, 4) is 0 Å². The van der Waals surface area contributed by atoms with E-state index < -0.39 is 0 Å². The summed E-state index contributed by atoms with van der Waals surface area (Å²) in [6.07, 6.45) is 0. The van der Waals surface area contributed by atoms with Crippen molar-refractivity contribution in [2.75, 3.05) is 7.05 Å². The van der Waals surface area contributed by atoms with E-state index in [1.165, 1.54) is 4.68 Å². The molecule has 2 amide bonds. The largest absolute Gasteiger partial charge is 0.346 e. The molecular weight excluding hydrogens is 334 g/mol. The molecule has 1 aliphatic rings. The number of nitrogens with one attached hydrogen (secondary N) is 1. The molecular formula is C17H25N7O2. The van der Waals surface area contributed by atoms with E-state index in [9.17, 15) is 9.59 Å². The van der Waals surface area contributed by atoms with Gasteiger partial charge in [-0.2, -0.15) is 5.10 Å². The van der Waals surface area contributed by atoms with Crippen molar-refractivity contribution < 1.29 is 9.59 Å². The van der Waals surface area contributed by atoms with Crippen LogP contribution in [-0.2, 0) is 20.1 Å². The molecule has 0 bridgehead atoms. The molecule has 0 aromatic carbocycles. The molecule has 0 radical (unpaired) electrons. The minimum Gasteiger partial charge on any atom is -0.346 e. The third-order valence-corrected chi connectivity index (χ3v) is 5.04. The van der Waals surface area contributed by atoms with E-state index in [4.69, 9.17) is 0 Å². The minimum absolute atomic E-state index is 0.0157. The lowest BCUT2D eigenvalue weighted by Crippen LogP contribution is -2.48. The van der Waals surface area contributed by atoms with Crippen molar-refractivity contribution in [2.24, 2.45) is 13.0 Å². The van der Waals surface area contributed by atoms with Crippen molar-refractivity contribution in [3.05, 3.63) is 28.3 Å². The number of rotatable bonds is 4. The van der Waals surface area contributed by atoms with Crippen LogP contribution in [0.2, 0.25) is 0 Å². The zero-order valence-electron chi connectivity index (χ0n) is 16.1. The van der Waals surface area contributed by atoms with Gasteiger partial charge in [0.15, 0.2) is 11.4 Å². The van der Waals surface area contributed by atoms with E-state index in [-0.39, 0.29) is 35.2 Å². The predicted molar refractivity (Wildman–Crippen MR) is 94.6 cm³/mol. The van der Waals surface area contributed by atoms with Gasteiger partial charge in [-0.15, -0.1) is 5.10 Å². The molecule has 0 aliphatic carbocycles. The summed E-state index contributed by atoms with van der Waals surface area (Å²) in [5.74, 6) is -0.354. The average Bonchev–Trinajstić information content (AvgIpc) is 3.11. The molecule has 1 atom stereocenters. The Bertz CT molecular complexity index is 865. The summed E-state index contributed by atoms with van der Waals surface area (Å²) in [6, 6.07) is -0.0157. The molecule has 2 aromatic rings. The van der Waals surface area contributed by atoms with Crippen molar-refractivity contribution >= 4 is 11.8 Å². The third kappa shape index (κ3) is 2.97. The van der Waals surface area contributed by atoms with Gasteiger partial charge in [0.2, 0.25) is 0 Å². The normalized spacial score (nSPS) is 16.6. The summed E-state index contributed by atoms with van der Waals surface area (Å²) in [4.78, 5) is 26.9. The predicted octanol–water partition coefficient (Wildman–Crippen LogP) is 0.669. The van der Waals surface area contributed by atoms with Crippen molar-refractivity contribution in [2.45, 2.75) is 46.8 Å². The molecule has 3 rings (SSSR count). The lowest BCUT2D eigenvalue weighted by atomic mass is 10.0. The molecule has 140 valence electrons. The standard InChI is InChI=1S/C17H25N7O2/c1-9(2)13-8-24-15(16(25)18-13)14(19-21-24)17(26)22(5)7-12-10(3)20-23(6)11(12)4/h9,13H,7-8H2,1-6H3,(H,18,25)/t13-/m1/s1. The number of aryl methyl sites for hydroxylation is 2. The molecule has 3 heterocycles. The molecule has 26 heavy (non-hydrogen) atoms. The van der Waals surface area contributed by atoms with Gasteiger partial charge in [-0.05, 0) is 19.8 Å². The highest BCUT2D eigenvalue weighted by atomic mass is 16.2. The zero-order valence-corrected chi connectivity index (χ0v) is 16.1. The molecule has 9 nitrogen and oxygen atoms in total. The molecule has 0 saturated heterocycles. The van der Waals surface area contributed by atoms with Gasteiger partial charge >= 0.3 is 0 Å². The fourth-order valence-electron chi connectivity index (χ4n) is 3.19. The van der Waals surface area contributed by atoms with E-state index in [2.05, 4.69) is 20.7 Å². The van der Waals surface area contributed by atoms with Crippen molar-refractivity contribution in [1.29, 1.82) is 0 Å². The smallest absolute Gasteiger partial charge is 0.276 e. The van der Waals surface area contributed by atoms with Gasteiger partial charge in [0, 0.05) is 31.9 Å². The first kappa shape index (κ1) is 18.1. The Morgan fingerprint density at radius 2 is 2.08 bits per heavy atom. The van der Waals surface area contributed by atoms with Crippen molar-refractivity contribution in [1.82, 2.24) is 35.0 Å². The fourth-order valence-corrected chi connectivity index (χ4v) is 3.19. The van der Waals surface area contributed by atoms with Crippen LogP contribution in [0.25, 0.3) is 0 Å². The van der Waals surface area contributed by atoms with Gasteiger partial charge in [-0.1, -0.05) is 19.1 Å². The summed E-state index contributed by atoms with van der Waals surface area (Å²) < 4.78 is 3.33. The molecule has 0 fully saturated rings. The van der Waals surface area contributed by atoms with Gasteiger partial charge in [0.25, 0.3) is 11.8 Å². The number of nitrogens with zero attached hydrogens (tertiary/aromatic N) is 6. The van der Waals surface area contributed by atoms with Crippen LogP contribution in [0.1, 0.15) is 51.8 Å². The van der Waals surface area contributed by atoms with Crippen LogP contribution in [0.4, 0.5) is 0 Å². The van der Waals surface area contributed by atoms with E-state index in [1.54, 1.807) is 16.6 Å². The van der Waals surface area contributed by atoms with Crippen LogP contribution in [-0.4, -0.2) is 54.6 Å². The monoisotopic (exact) mass is 359 g/mol. The Morgan fingerprint density at radius 3 is 2.65 bits per heavy atom. The average molecular weight is 359 g/mol. The quantitative estimate of drug-likeness (QED) is 0.865. The molecule has 2 aromatic heterocycles. The van der Waals surface area contributed by atoms with E-state index >= 15 is 0 Å². The van der Waals surface area contributed by atoms with Gasteiger partial charge < -0.3 is 10.2 Å². The zero-order chi connectivity index (χ0) is 19.2. The number of hydrogen-bond acceptors (Lipinski definition) is 5. The lowest BCUT2D eigenvalue weighted by molar-refractivity contribution is 0.0765.